The molecule has 0 atom stereocenters. The van der Waals surface area contributed by atoms with Crippen LogP contribution in [0.3, 0.4) is 0 Å². The lowest BCUT2D eigenvalue weighted by Gasteiger charge is -2.31. The number of hydrazone groups is 2. The van der Waals surface area contributed by atoms with E-state index in [4.69, 9.17) is 0 Å². The molecule has 3 rings (SSSR count). The molecule has 1 aliphatic heterocycles. The third-order valence-corrected chi connectivity index (χ3v) is 4.92. The number of hydrogen-bond acceptors (Lipinski definition) is 6. The van der Waals surface area contributed by atoms with E-state index in [1.165, 1.54) is 0 Å². The third kappa shape index (κ3) is 4.98. The fraction of sp³-hybridized carbons (Fsp3) is 0.222. The van der Waals surface area contributed by atoms with Crippen LogP contribution in [0.5, 0.6) is 11.5 Å². The van der Waals surface area contributed by atoms with Crippen LogP contribution in [0.25, 0.3) is 0 Å². The summed E-state index contributed by atoms with van der Waals surface area (Å²) in [6, 6.07) is 10.5. The molecule has 0 aromatic heterocycles. The van der Waals surface area contributed by atoms with E-state index in [2.05, 4.69) is 42.1 Å². The molecular weight excluding hydrogens is 464 g/mol. The molecule has 0 aliphatic carbocycles. The molecule has 0 saturated carbocycles. The Hall–Kier alpha value is -2.06. The normalized spacial score (nSPS) is 15.3. The lowest BCUT2D eigenvalue weighted by molar-refractivity contribution is 0.141. The van der Waals surface area contributed by atoms with Gasteiger partial charge in [0.05, 0.1) is 38.6 Å². The zero-order chi connectivity index (χ0) is 18.5. The molecule has 26 heavy (non-hydrogen) atoms. The Morgan fingerprint density at radius 3 is 1.50 bits per heavy atom. The standard InChI is InChI=1S/C18H18Br2N4O2/c19-15-1-3-17(25)13(9-15)11-21-23-5-7-24(8-6-23)22-12-14-10-16(20)2-4-18(14)26/h1-4,9-12,25-26H,5-8H2. The Morgan fingerprint density at radius 2 is 1.12 bits per heavy atom. The minimum absolute atomic E-state index is 0.203. The Labute approximate surface area is 168 Å². The van der Waals surface area contributed by atoms with Crippen LogP contribution in [0.15, 0.2) is 55.5 Å². The maximum Gasteiger partial charge on any atom is 0.124 e. The Bertz CT molecular complexity index is 764. The molecule has 2 N–H and O–H groups in total. The van der Waals surface area contributed by atoms with Gasteiger partial charge in [0.1, 0.15) is 11.5 Å². The van der Waals surface area contributed by atoms with Crippen molar-refractivity contribution in [3.8, 4) is 11.5 Å². The number of phenolic OH excluding ortho intramolecular Hbond substituents is 2. The fourth-order valence-corrected chi connectivity index (χ4v) is 3.22. The van der Waals surface area contributed by atoms with Gasteiger partial charge in [-0.3, -0.25) is 10.0 Å². The van der Waals surface area contributed by atoms with Crippen LogP contribution < -0.4 is 0 Å². The van der Waals surface area contributed by atoms with Crippen molar-refractivity contribution in [2.24, 2.45) is 10.2 Å². The van der Waals surface area contributed by atoms with E-state index in [9.17, 15) is 10.2 Å². The van der Waals surface area contributed by atoms with Gasteiger partial charge in [0.25, 0.3) is 0 Å². The van der Waals surface area contributed by atoms with Crippen molar-refractivity contribution >= 4 is 44.3 Å². The van der Waals surface area contributed by atoms with Crippen molar-refractivity contribution in [3.05, 3.63) is 56.5 Å². The van der Waals surface area contributed by atoms with E-state index in [0.29, 0.717) is 11.1 Å². The topological polar surface area (TPSA) is 71.7 Å². The Morgan fingerprint density at radius 1 is 0.731 bits per heavy atom. The minimum atomic E-state index is 0.203. The quantitative estimate of drug-likeness (QED) is 0.654. The van der Waals surface area contributed by atoms with Gasteiger partial charge in [0, 0.05) is 20.1 Å². The number of piperazine rings is 1. The summed E-state index contributed by atoms with van der Waals surface area (Å²) in [5.74, 6) is 0.406. The highest BCUT2D eigenvalue weighted by atomic mass is 79.9. The van der Waals surface area contributed by atoms with Crippen LogP contribution in [-0.4, -0.2) is 58.8 Å². The van der Waals surface area contributed by atoms with E-state index >= 15 is 0 Å². The van der Waals surface area contributed by atoms with Gasteiger partial charge in [-0.1, -0.05) is 31.9 Å². The first-order valence-corrected chi connectivity index (χ1v) is 9.65. The van der Waals surface area contributed by atoms with Crippen LogP contribution in [0, 0.1) is 0 Å². The average Bonchev–Trinajstić information content (AvgIpc) is 2.64. The van der Waals surface area contributed by atoms with Gasteiger partial charge < -0.3 is 10.2 Å². The number of hydrogen-bond donors (Lipinski definition) is 2. The van der Waals surface area contributed by atoms with Gasteiger partial charge in [-0.2, -0.15) is 10.2 Å². The van der Waals surface area contributed by atoms with E-state index < -0.39 is 0 Å². The monoisotopic (exact) mass is 480 g/mol. The van der Waals surface area contributed by atoms with Gasteiger partial charge in [-0.25, -0.2) is 0 Å². The van der Waals surface area contributed by atoms with Crippen molar-refractivity contribution in [1.82, 2.24) is 10.0 Å². The Kier molecular flexibility index (Phi) is 6.16. The third-order valence-electron chi connectivity index (χ3n) is 3.93. The van der Waals surface area contributed by atoms with E-state index in [1.807, 2.05) is 22.2 Å². The molecule has 0 unspecified atom stereocenters. The molecule has 1 heterocycles. The SMILES string of the molecule is Oc1ccc(Br)cc1C=NN1CCN(N=Cc2cc(Br)ccc2O)CC1. The highest BCUT2D eigenvalue weighted by molar-refractivity contribution is 9.10. The molecule has 136 valence electrons. The van der Waals surface area contributed by atoms with Crippen molar-refractivity contribution in [2.75, 3.05) is 26.2 Å². The number of benzene rings is 2. The molecule has 1 saturated heterocycles. The molecule has 6 nitrogen and oxygen atoms in total. The number of halogens is 2. The second-order valence-electron chi connectivity index (χ2n) is 5.80. The fourth-order valence-electron chi connectivity index (χ4n) is 2.46. The van der Waals surface area contributed by atoms with Crippen LogP contribution in [0.2, 0.25) is 0 Å². The number of phenols is 2. The van der Waals surface area contributed by atoms with E-state index in [1.54, 1.807) is 36.7 Å². The predicted molar refractivity (Wildman–Crippen MR) is 110 cm³/mol. The van der Waals surface area contributed by atoms with Gasteiger partial charge in [-0.15, -0.1) is 0 Å². The number of nitrogens with zero attached hydrogens (tertiary/aromatic N) is 4. The first-order chi connectivity index (χ1) is 12.5. The average molecular weight is 482 g/mol. The van der Waals surface area contributed by atoms with Gasteiger partial charge >= 0.3 is 0 Å². The summed E-state index contributed by atoms with van der Waals surface area (Å²) in [6.07, 6.45) is 3.33. The summed E-state index contributed by atoms with van der Waals surface area (Å²) in [4.78, 5) is 0. The first kappa shape index (κ1) is 18.7. The van der Waals surface area contributed by atoms with E-state index in [0.717, 1.165) is 35.1 Å². The van der Waals surface area contributed by atoms with Crippen molar-refractivity contribution in [1.29, 1.82) is 0 Å². The lowest BCUT2D eigenvalue weighted by atomic mass is 10.2. The second kappa shape index (κ2) is 8.55. The Balaban J connectivity index is 1.56. The maximum atomic E-state index is 9.84. The van der Waals surface area contributed by atoms with Crippen LogP contribution in [-0.2, 0) is 0 Å². The van der Waals surface area contributed by atoms with Gasteiger partial charge in [0.15, 0.2) is 0 Å². The van der Waals surface area contributed by atoms with E-state index in [-0.39, 0.29) is 11.5 Å². The molecule has 0 bridgehead atoms. The molecule has 2 aromatic carbocycles. The predicted octanol–water partition coefficient (Wildman–Crippen LogP) is 3.61. The molecule has 0 radical (unpaired) electrons. The molecular formula is C18H18Br2N4O2. The highest BCUT2D eigenvalue weighted by Gasteiger charge is 2.13. The summed E-state index contributed by atoms with van der Waals surface area (Å²) in [5, 5.41) is 32.5. The van der Waals surface area contributed by atoms with Crippen LogP contribution in [0.1, 0.15) is 11.1 Å². The summed E-state index contributed by atoms with van der Waals surface area (Å²) in [6.45, 7) is 2.92. The molecule has 1 fully saturated rings. The maximum absolute atomic E-state index is 9.84. The van der Waals surface area contributed by atoms with Gasteiger partial charge in [0.2, 0.25) is 0 Å². The molecule has 2 aromatic rings. The zero-order valence-corrected chi connectivity index (χ0v) is 17.1. The zero-order valence-electron chi connectivity index (χ0n) is 13.9. The summed E-state index contributed by atoms with van der Waals surface area (Å²) < 4.78 is 1.79. The summed E-state index contributed by atoms with van der Waals surface area (Å²) >= 11 is 6.77. The molecule has 1 aliphatic rings. The smallest absolute Gasteiger partial charge is 0.124 e. The van der Waals surface area contributed by atoms with Gasteiger partial charge in [-0.05, 0) is 36.4 Å². The van der Waals surface area contributed by atoms with Crippen LogP contribution >= 0.6 is 31.9 Å². The lowest BCUT2D eigenvalue weighted by Crippen LogP contribution is -2.41. The first-order valence-electron chi connectivity index (χ1n) is 8.06. The number of aromatic hydroxyl groups is 2. The summed E-state index contributed by atoms with van der Waals surface area (Å²) in [7, 11) is 0. The van der Waals surface area contributed by atoms with Crippen LogP contribution in [0.4, 0.5) is 0 Å². The largest absolute Gasteiger partial charge is 0.507 e. The molecule has 8 heteroatoms. The highest BCUT2D eigenvalue weighted by Crippen LogP contribution is 2.21. The number of rotatable bonds is 4. The van der Waals surface area contributed by atoms with Crippen molar-refractivity contribution < 1.29 is 10.2 Å². The molecule has 0 amide bonds. The minimum Gasteiger partial charge on any atom is -0.507 e. The van der Waals surface area contributed by atoms with Crippen molar-refractivity contribution in [3.63, 3.8) is 0 Å². The molecule has 0 spiro atoms. The summed E-state index contributed by atoms with van der Waals surface area (Å²) in [5.41, 5.74) is 1.34. The second-order valence-corrected chi connectivity index (χ2v) is 7.63. The van der Waals surface area contributed by atoms with Crippen molar-refractivity contribution in [2.45, 2.75) is 0 Å².